The molecule has 1 fully saturated rings. The maximum atomic E-state index is 12.9. The van der Waals surface area contributed by atoms with E-state index in [2.05, 4.69) is 5.32 Å². The Bertz CT molecular complexity index is 652. The van der Waals surface area contributed by atoms with Crippen LogP contribution in [0, 0.1) is 0 Å². The van der Waals surface area contributed by atoms with Crippen LogP contribution in [0.2, 0.25) is 0 Å². The normalized spacial score (nSPS) is 15.9. The van der Waals surface area contributed by atoms with Gasteiger partial charge < -0.3 is 15.0 Å². The average molecular weight is 330 g/mol. The Labute approximate surface area is 138 Å². The summed E-state index contributed by atoms with van der Waals surface area (Å²) in [6.45, 7) is 2.17. The maximum absolute atomic E-state index is 12.9. The highest BCUT2D eigenvalue weighted by molar-refractivity contribution is 7.12. The smallest absolute Gasteiger partial charge is 0.262 e. The molecule has 1 aliphatic rings. The zero-order valence-corrected chi connectivity index (χ0v) is 13.4. The summed E-state index contributed by atoms with van der Waals surface area (Å²) < 4.78 is 5.30. The van der Waals surface area contributed by atoms with Gasteiger partial charge in [0.25, 0.3) is 5.91 Å². The van der Waals surface area contributed by atoms with E-state index < -0.39 is 6.04 Å². The first kappa shape index (κ1) is 15.7. The van der Waals surface area contributed by atoms with E-state index in [1.54, 1.807) is 11.0 Å². The molecule has 1 aliphatic heterocycles. The number of carbonyl (C=O) groups is 2. The van der Waals surface area contributed by atoms with E-state index in [9.17, 15) is 9.59 Å². The van der Waals surface area contributed by atoms with E-state index in [0.29, 0.717) is 31.2 Å². The molecule has 2 heterocycles. The summed E-state index contributed by atoms with van der Waals surface area (Å²) in [7, 11) is 0. The Kier molecular flexibility index (Phi) is 5.05. The fourth-order valence-corrected chi connectivity index (χ4v) is 3.14. The molecule has 1 aromatic heterocycles. The number of benzene rings is 1. The van der Waals surface area contributed by atoms with Crippen LogP contribution in [0.1, 0.15) is 21.3 Å². The largest absolute Gasteiger partial charge is 0.378 e. The first-order valence-corrected chi connectivity index (χ1v) is 8.39. The van der Waals surface area contributed by atoms with Crippen molar-refractivity contribution < 1.29 is 14.3 Å². The van der Waals surface area contributed by atoms with Crippen LogP contribution in [-0.2, 0) is 9.53 Å². The summed E-state index contributed by atoms with van der Waals surface area (Å²) in [6, 6.07) is 12.2. The number of carbonyl (C=O) groups excluding carboxylic acids is 2. The van der Waals surface area contributed by atoms with Crippen LogP contribution in [0.25, 0.3) is 0 Å². The molecule has 6 heteroatoms. The van der Waals surface area contributed by atoms with Crippen LogP contribution < -0.4 is 5.32 Å². The van der Waals surface area contributed by atoms with Gasteiger partial charge in [0.15, 0.2) is 0 Å². The second-order valence-corrected chi connectivity index (χ2v) is 6.18. The molecule has 0 unspecified atom stereocenters. The molecule has 120 valence electrons. The van der Waals surface area contributed by atoms with Gasteiger partial charge in [-0.05, 0) is 17.0 Å². The molecule has 2 amide bonds. The van der Waals surface area contributed by atoms with Crippen molar-refractivity contribution in [3.8, 4) is 0 Å². The Morgan fingerprint density at radius 1 is 1.09 bits per heavy atom. The Morgan fingerprint density at radius 2 is 1.83 bits per heavy atom. The second kappa shape index (κ2) is 7.39. The summed E-state index contributed by atoms with van der Waals surface area (Å²) in [5, 5.41) is 4.72. The number of hydrogen-bond donors (Lipinski definition) is 1. The Balaban J connectivity index is 1.81. The lowest BCUT2D eigenvalue weighted by atomic mass is 10.1. The van der Waals surface area contributed by atoms with Crippen molar-refractivity contribution >= 4 is 23.2 Å². The number of rotatable bonds is 4. The molecule has 0 bridgehead atoms. The van der Waals surface area contributed by atoms with Crippen LogP contribution in [0.4, 0.5) is 0 Å². The van der Waals surface area contributed by atoms with Gasteiger partial charge in [0.1, 0.15) is 6.04 Å². The van der Waals surface area contributed by atoms with Gasteiger partial charge in [-0.3, -0.25) is 9.59 Å². The number of morpholine rings is 1. The summed E-state index contributed by atoms with van der Waals surface area (Å²) in [5.41, 5.74) is 0.786. The second-order valence-electron chi connectivity index (χ2n) is 5.23. The Hall–Kier alpha value is -2.18. The molecule has 1 saturated heterocycles. The number of nitrogens with zero attached hydrogens (tertiary/aromatic N) is 1. The minimum absolute atomic E-state index is 0.0931. The topological polar surface area (TPSA) is 58.6 Å². The van der Waals surface area contributed by atoms with Crippen molar-refractivity contribution in [2.45, 2.75) is 6.04 Å². The van der Waals surface area contributed by atoms with Crippen molar-refractivity contribution in [1.82, 2.24) is 10.2 Å². The third-order valence-electron chi connectivity index (χ3n) is 3.72. The van der Waals surface area contributed by atoms with E-state index in [-0.39, 0.29) is 11.8 Å². The van der Waals surface area contributed by atoms with Crippen LogP contribution >= 0.6 is 11.3 Å². The molecule has 23 heavy (non-hydrogen) atoms. The molecule has 0 radical (unpaired) electrons. The number of ether oxygens (including phenoxy) is 1. The molecular formula is C17H18N2O3S. The fraction of sp³-hybridized carbons (Fsp3) is 0.294. The first-order valence-electron chi connectivity index (χ1n) is 7.51. The molecule has 1 aromatic carbocycles. The van der Waals surface area contributed by atoms with E-state index in [4.69, 9.17) is 4.74 Å². The Morgan fingerprint density at radius 3 is 2.48 bits per heavy atom. The number of nitrogens with one attached hydrogen (secondary N) is 1. The summed E-state index contributed by atoms with van der Waals surface area (Å²) >= 11 is 1.36. The first-order chi connectivity index (χ1) is 11.3. The van der Waals surface area contributed by atoms with Crippen molar-refractivity contribution in [3.05, 3.63) is 58.3 Å². The minimum atomic E-state index is -0.677. The molecule has 1 N–H and O–H groups in total. The minimum Gasteiger partial charge on any atom is -0.378 e. The van der Waals surface area contributed by atoms with Crippen LogP contribution in [-0.4, -0.2) is 43.0 Å². The third-order valence-corrected chi connectivity index (χ3v) is 4.59. The molecule has 2 aromatic rings. The van der Waals surface area contributed by atoms with Crippen molar-refractivity contribution in [2.75, 3.05) is 26.3 Å². The zero-order chi connectivity index (χ0) is 16.1. The van der Waals surface area contributed by atoms with Gasteiger partial charge >= 0.3 is 0 Å². The molecule has 1 atom stereocenters. The molecule has 0 spiro atoms. The molecule has 5 nitrogen and oxygen atoms in total. The van der Waals surface area contributed by atoms with Gasteiger partial charge in [0, 0.05) is 13.1 Å². The van der Waals surface area contributed by atoms with Crippen LogP contribution in [0.5, 0.6) is 0 Å². The standard InChI is InChI=1S/C17H18N2O3S/c20-16(14-7-4-12-23-14)18-15(13-5-2-1-3-6-13)17(21)19-8-10-22-11-9-19/h1-7,12,15H,8-11H2,(H,18,20)/t15-/m0/s1. The highest BCUT2D eigenvalue weighted by Gasteiger charge is 2.28. The lowest BCUT2D eigenvalue weighted by molar-refractivity contribution is -0.137. The predicted molar refractivity (Wildman–Crippen MR) is 88.4 cm³/mol. The highest BCUT2D eigenvalue weighted by Crippen LogP contribution is 2.18. The monoisotopic (exact) mass is 330 g/mol. The highest BCUT2D eigenvalue weighted by atomic mass is 32.1. The quantitative estimate of drug-likeness (QED) is 0.934. The van der Waals surface area contributed by atoms with Crippen molar-refractivity contribution in [2.24, 2.45) is 0 Å². The molecule has 3 rings (SSSR count). The van der Waals surface area contributed by atoms with Gasteiger partial charge in [0.2, 0.25) is 5.91 Å². The lowest BCUT2D eigenvalue weighted by Crippen LogP contribution is -2.47. The SMILES string of the molecule is O=C(N[C@H](C(=O)N1CCOCC1)c1ccccc1)c1cccs1. The summed E-state index contributed by atoms with van der Waals surface area (Å²) in [5.74, 6) is -0.320. The molecule has 0 saturated carbocycles. The van der Waals surface area contributed by atoms with Crippen molar-refractivity contribution in [1.29, 1.82) is 0 Å². The molecule has 0 aliphatic carbocycles. The van der Waals surface area contributed by atoms with Gasteiger partial charge in [0.05, 0.1) is 18.1 Å². The average Bonchev–Trinajstić information content (AvgIpc) is 3.15. The van der Waals surface area contributed by atoms with E-state index in [1.807, 2.05) is 41.8 Å². The van der Waals surface area contributed by atoms with Gasteiger partial charge in [-0.2, -0.15) is 0 Å². The van der Waals surface area contributed by atoms with Gasteiger partial charge in [-0.15, -0.1) is 11.3 Å². The van der Waals surface area contributed by atoms with Crippen LogP contribution in [0.15, 0.2) is 47.8 Å². The summed E-state index contributed by atoms with van der Waals surface area (Å²) in [4.78, 5) is 27.6. The van der Waals surface area contributed by atoms with Gasteiger partial charge in [-0.25, -0.2) is 0 Å². The van der Waals surface area contributed by atoms with Crippen LogP contribution in [0.3, 0.4) is 0 Å². The van der Waals surface area contributed by atoms with Gasteiger partial charge in [-0.1, -0.05) is 36.4 Å². The van der Waals surface area contributed by atoms with E-state index in [0.717, 1.165) is 5.56 Å². The number of amides is 2. The lowest BCUT2D eigenvalue weighted by Gasteiger charge is -2.30. The summed E-state index contributed by atoms with van der Waals surface area (Å²) in [6.07, 6.45) is 0. The fourth-order valence-electron chi connectivity index (χ4n) is 2.51. The van der Waals surface area contributed by atoms with E-state index in [1.165, 1.54) is 11.3 Å². The van der Waals surface area contributed by atoms with E-state index >= 15 is 0 Å². The zero-order valence-electron chi connectivity index (χ0n) is 12.6. The number of thiophene rings is 1. The molecular weight excluding hydrogens is 312 g/mol. The third kappa shape index (κ3) is 3.78. The maximum Gasteiger partial charge on any atom is 0.262 e. The predicted octanol–water partition coefficient (Wildman–Crippen LogP) is 2.08. The van der Waals surface area contributed by atoms with Crippen molar-refractivity contribution in [3.63, 3.8) is 0 Å². The number of hydrogen-bond acceptors (Lipinski definition) is 4.